The fourth-order valence-corrected chi connectivity index (χ4v) is 4.49. The van der Waals surface area contributed by atoms with Crippen LogP contribution in [0.4, 0.5) is 0 Å². The van der Waals surface area contributed by atoms with Crippen LogP contribution in [0.5, 0.6) is 0 Å². The van der Waals surface area contributed by atoms with Gasteiger partial charge in [-0.25, -0.2) is 0 Å². The summed E-state index contributed by atoms with van der Waals surface area (Å²) >= 11 is 0. The van der Waals surface area contributed by atoms with Gasteiger partial charge in [-0.15, -0.1) is 0 Å². The molecule has 0 heterocycles. The Morgan fingerprint density at radius 2 is 1.17 bits per heavy atom. The smallest absolute Gasteiger partial charge is 0.135 e. The molecule has 18 heavy (non-hydrogen) atoms. The molecule has 0 bridgehead atoms. The largest absolute Gasteiger partial charge is 0.394 e. The zero-order valence-electron chi connectivity index (χ0n) is 9.83. The van der Waals surface area contributed by atoms with Crippen LogP contribution in [0.2, 0.25) is 0 Å². The van der Waals surface area contributed by atoms with Crippen molar-refractivity contribution < 1.29 is 40.3 Å². The molecule has 0 saturated carbocycles. The molecule has 9 heteroatoms. The van der Waals surface area contributed by atoms with E-state index < -0.39 is 63.4 Å². The minimum Gasteiger partial charge on any atom is -0.394 e. The highest BCUT2D eigenvalue weighted by Crippen LogP contribution is 2.51. The van der Waals surface area contributed by atoms with Crippen LogP contribution in [0, 0.1) is 0 Å². The van der Waals surface area contributed by atoms with Crippen molar-refractivity contribution in [1.29, 1.82) is 0 Å². The van der Waals surface area contributed by atoms with Crippen LogP contribution < -0.4 is 0 Å². The van der Waals surface area contributed by atoms with E-state index in [1.165, 1.54) is 0 Å². The summed E-state index contributed by atoms with van der Waals surface area (Å²) in [7, 11) is -3.70. The highest BCUT2D eigenvalue weighted by Gasteiger charge is 2.39. The summed E-state index contributed by atoms with van der Waals surface area (Å²) in [6, 6.07) is 0. The van der Waals surface area contributed by atoms with Crippen molar-refractivity contribution in [3.8, 4) is 0 Å². The Morgan fingerprint density at radius 1 is 0.778 bits per heavy atom. The Hall–Kier alpha value is -0.0500. The third kappa shape index (κ3) is 5.29. The predicted octanol–water partition coefficient (Wildman–Crippen LogP) is -3.27. The van der Waals surface area contributed by atoms with E-state index in [-0.39, 0.29) is 0 Å². The zero-order valence-corrected chi connectivity index (χ0v) is 10.7. The van der Waals surface area contributed by atoms with Gasteiger partial charge in [-0.1, -0.05) is 0 Å². The van der Waals surface area contributed by atoms with E-state index in [1.54, 1.807) is 0 Å². The lowest BCUT2D eigenvalue weighted by Gasteiger charge is -2.29. The highest BCUT2D eigenvalue weighted by molar-refractivity contribution is 7.64. The number of hydrogen-bond acceptors (Lipinski definition) is 8. The molecule has 0 aliphatic carbocycles. The number of aliphatic hydroxyl groups is 7. The van der Waals surface area contributed by atoms with Gasteiger partial charge >= 0.3 is 0 Å². The Balaban J connectivity index is 4.95. The van der Waals surface area contributed by atoms with E-state index in [0.29, 0.717) is 0 Å². The molecule has 0 aromatic rings. The lowest BCUT2D eigenvalue weighted by Crippen LogP contribution is -2.36. The number of hydrogen-bond donors (Lipinski definition) is 7. The van der Waals surface area contributed by atoms with Gasteiger partial charge in [0.1, 0.15) is 19.1 Å². The van der Waals surface area contributed by atoms with Crippen LogP contribution in [-0.4, -0.2) is 92.0 Å². The van der Waals surface area contributed by atoms with Gasteiger partial charge < -0.3 is 40.3 Å². The quantitative estimate of drug-likeness (QED) is 0.218. The van der Waals surface area contributed by atoms with E-state index in [1.807, 2.05) is 0 Å². The van der Waals surface area contributed by atoms with Gasteiger partial charge in [0, 0.05) is 12.3 Å². The SMILES string of the molecule is O=P(CC(O)CO)(CC(O)CO)C(O)C(O)CO. The maximum atomic E-state index is 12.4. The lowest BCUT2D eigenvalue weighted by molar-refractivity contribution is 0.0207. The van der Waals surface area contributed by atoms with Gasteiger partial charge in [0.25, 0.3) is 0 Å². The van der Waals surface area contributed by atoms with E-state index in [9.17, 15) is 25.0 Å². The zero-order chi connectivity index (χ0) is 14.3. The minimum absolute atomic E-state index is 0.529. The second-order valence-corrected chi connectivity index (χ2v) is 7.32. The van der Waals surface area contributed by atoms with Crippen molar-refractivity contribution in [1.82, 2.24) is 0 Å². The predicted molar refractivity (Wildman–Crippen MR) is 62.6 cm³/mol. The fraction of sp³-hybridized carbons (Fsp3) is 1.00. The van der Waals surface area contributed by atoms with Gasteiger partial charge in [0.15, 0.2) is 0 Å². The summed E-state index contributed by atoms with van der Waals surface area (Å²) in [6.45, 7) is -2.22. The van der Waals surface area contributed by atoms with Crippen molar-refractivity contribution in [2.45, 2.75) is 24.2 Å². The van der Waals surface area contributed by atoms with Crippen LogP contribution in [0.3, 0.4) is 0 Å². The van der Waals surface area contributed by atoms with Crippen molar-refractivity contribution in [3.05, 3.63) is 0 Å². The lowest BCUT2D eigenvalue weighted by atomic mass is 10.4. The molecule has 0 aromatic heterocycles. The van der Waals surface area contributed by atoms with Crippen LogP contribution in [0.1, 0.15) is 0 Å². The Kier molecular flexibility index (Phi) is 8.16. The fourth-order valence-electron chi connectivity index (χ4n) is 1.53. The first kappa shape index (κ1) is 17.9. The van der Waals surface area contributed by atoms with Crippen LogP contribution >= 0.6 is 7.14 Å². The molecule has 110 valence electrons. The summed E-state index contributed by atoms with van der Waals surface area (Å²) in [6.07, 6.45) is -5.52. The first-order valence-corrected chi connectivity index (χ1v) is 7.58. The molecule has 0 fully saturated rings. The van der Waals surface area contributed by atoms with Crippen molar-refractivity contribution in [2.75, 3.05) is 32.1 Å². The van der Waals surface area contributed by atoms with Crippen LogP contribution in [0.15, 0.2) is 0 Å². The molecule has 0 radical (unpaired) electrons. The van der Waals surface area contributed by atoms with Crippen LogP contribution in [-0.2, 0) is 4.57 Å². The average molecular weight is 288 g/mol. The molecule has 0 saturated heterocycles. The maximum absolute atomic E-state index is 12.4. The monoisotopic (exact) mass is 288 g/mol. The van der Waals surface area contributed by atoms with E-state index in [2.05, 4.69) is 0 Å². The number of rotatable bonds is 9. The summed E-state index contributed by atoms with van der Waals surface area (Å²) in [5.74, 6) is -1.84. The summed E-state index contributed by atoms with van der Waals surface area (Å²) in [4.78, 5) is 0. The second kappa shape index (κ2) is 8.19. The van der Waals surface area contributed by atoms with Crippen molar-refractivity contribution in [2.24, 2.45) is 0 Å². The molecule has 7 N–H and O–H groups in total. The van der Waals surface area contributed by atoms with Crippen molar-refractivity contribution >= 4 is 7.14 Å². The van der Waals surface area contributed by atoms with Crippen molar-refractivity contribution in [3.63, 3.8) is 0 Å². The molecule has 0 aromatic carbocycles. The normalized spacial score (nSPS) is 21.9. The summed E-state index contributed by atoms with van der Waals surface area (Å²) < 4.78 is 12.4. The topological polar surface area (TPSA) is 159 Å². The highest BCUT2D eigenvalue weighted by atomic mass is 31.2. The molecule has 0 aliphatic rings. The third-order valence-corrected chi connectivity index (χ3v) is 5.86. The average Bonchev–Trinajstić information content (AvgIpc) is 2.36. The molecule has 0 aliphatic heterocycles. The molecule has 8 nitrogen and oxygen atoms in total. The Morgan fingerprint density at radius 3 is 1.44 bits per heavy atom. The first-order valence-electron chi connectivity index (χ1n) is 5.43. The van der Waals surface area contributed by atoms with Crippen LogP contribution in [0.25, 0.3) is 0 Å². The molecule has 0 rings (SSSR count). The molecular weight excluding hydrogens is 267 g/mol. The molecule has 4 atom stereocenters. The minimum atomic E-state index is -3.70. The second-order valence-electron chi connectivity index (χ2n) is 4.15. The molecule has 4 unspecified atom stereocenters. The van der Waals surface area contributed by atoms with Gasteiger partial charge in [-0.2, -0.15) is 0 Å². The third-order valence-electron chi connectivity index (χ3n) is 2.47. The standard InChI is InChI=1S/C9H21O8P/c10-1-6(13)4-18(17,5-7(14)2-11)9(16)8(15)3-12/h6-16H,1-5H2. The Bertz CT molecular complexity index is 257. The maximum Gasteiger partial charge on any atom is 0.135 e. The number of aliphatic hydroxyl groups excluding tert-OH is 7. The van der Waals surface area contributed by atoms with E-state index in [0.717, 1.165) is 0 Å². The molecule has 0 amide bonds. The Labute approximate surface area is 105 Å². The van der Waals surface area contributed by atoms with E-state index >= 15 is 0 Å². The molecule has 0 spiro atoms. The summed E-state index contributed by atoms with van der Waals surface area (Å²) in [5, 5.41) is 63.5. The summed E-state index contributed by atoms with van der Waals surface area (Å²) in [5.41, 5.74) is 0. The van der Waals surface area contributed by atoms with Gasteiger partial charge in [-0.05, 0) is 0 Å². The van der Waals surface area contributed by atoms with Gasteiger partial charge in [0.2, 0.25) is 0 Å². The first-order chi connectivity index (χ1) is 8.30. The molecular formula is C9H21O8P. The van der Waals surface area contributed by atoms with Gasteiger partial charge in [-0.3, -0.25) is 0 Å². The van der Waals surface area contributed by atoms with E-state index in [4.69, 9.17) is 15.3 Å². The van der Waals surface area contributed by atoms with Gasteiger partial charge in [0.05, 0.1) is 32.0 Å².